The molecule has 0 saturated carbocycles. The van der Waals surface area contributed by atoms with E-state index in [1.807, 2.05) is 0 Å². The molecular weight excluding hydrogens is 250 g/mol. The van der Waals surface area contributed by atoms with Gasteiger partial charge in [-0.05, 0) is 57.7 Å². The van der Waals surface area contributed by atoms with Crippen molar-refractivity contribution in [2.75, 3.05) is 32.7 Å². The Hall–Kier alpha value is -0.610. The highest BCUT2D eigenvalue weighted by atomic mass is 16.2. The van der Waals surface area contributed by atoms with Crippen LogP contribution in [0.15, 0.2) is 0 Å². The van der Waals surface area contributed by atoms with Gasteiger partial charge in [-0.25, -0.2) is 0 Å². The second-order valence-corrected chi connectivity index (χ2v) is 6.53. The predicted molar refractivity (Wildman–Crippen MR) is 84.8 cm³/mol. The number of carbonyl (C=O) groups excluding carboxylic acids is 1. The molecule has 1 aliphatic heterocycles. The average molecular weight is 283 g/mol. The van der Waals surface area contributed by atoms with Gasteiger partial charge in [0.2, 0.25) is 5.91 Å². The highest BCUT2D eigenvalue weighted by Crippen LogP contribution is 2.13. The van der Waals surface area contributed by atoms with E-state index < -0.39 is 0 Å². The van der Waals surface area contributed by atoms with Crippen LogP contribution in [0.1, 0.15) is 47.0 Å². The second kappa shape index (κ2) is 9.35. The molecule has 0 bridgehead atoms. The summed E-state index contributed by atoms with van der Waals surface area (Å²) >= 11 is 0. The molecule has 1 heterocycles. The molecule has 0 radical (unpaired) electrons. The normalized spacial score (nSPS) is 18.5. The molecule has 20 heavy (non-hydrogen) atoms. The molecule has 0 aromatic carbocycles. The minimum absolute atomic E-state index is 0.175. The zero-order valence-corrected chi connectivity index (χ0v) is 13.7. The molecule has 4 heteroatoms. The van der Waals surface area contributed by atoms with Crippen LogP contribution in [0.25, 0.3) is 0 Å². The molecule has 1 atom stereocenters. The minimum Gasteiger partial charge on any atom is -0.352 e. The Labute approximate surface area is 124 Å². The Morgan fingerprint density at radius 2 is 1.95 bits per heavy atom. The van der Waals surface area contributed by atoms with E-state index in [-0.39, 0.29) is 11.9 Å². The Balaban J connectivity index is 2.38. The van der Waals surface area contributed by atoms with Gasteiger partial charge >= 0.3 is 0 Å². The van der Waals surface area contributed by atoms with Gasteiger partial charge < -0.3 is 10.6 Å². The lowest BCUT2D eigenvalue weighted by Crippen LogP contribution is -2.45. The number of nitrogens with one attached hydrogen (secondary N) is 2. The van der Waals surface area contributed by atoms with Gasteiger partial charge in [0.25, 0.3) is 0 Å². The lowest BCUT2D eigenvalue weighted by atomic mass is 9.97. The SMILES string of the molecule is CCCN(CC(=O)NC(C)C(C)C)CC1CCNCC1. The van der Waals surface area contributed by atoms with Crippen LogP contribution in [0, 0.1) is 11.8 Å². The Morgan fingerprint density at radius 3 is 2.50 bits per heavy atom. The molecule has 118 valence electrons. The number of rotatable bonds is 8. The fraction of sp³-hybridized carbons (Fsp3) is 0.938. The van der Waals surface area contributed by atoms with Crippen LogP contribution in [0.2, 0.25) is 0 Å². The van der Waals surface area contributed by atoms with Crippen molar-refractivity contribution in [3.8, 4) is 0 Å². The number of hydrogen-bond acceptors (Lipinski definition) is 3. The molecule has 1 rings (SSSR count). The summed E-state index contributed by atoms with van der Waals surface area (Å²) < 4.78 is 0. The van der Waals surface area contributed by atoms with E-state index in [9.17, 15) is 4.79 Å². The average Bonchev–Trinajstić information content (AvgIpc) is 2.39. The molecule has 1 saturated heterocycles. The lowest BCUT2D eigenvalue weighted by molar-refractivity contribution is -0.123. The molecule has 0 aliphatic carbocycles. The number of amides is 1. The Bertz CT molecular complexity index is 275. The summed E-state index contributed by atoms with van der Waals surface area (Å²) in [6, 6.07) is 0.254. The van der Waals surface area contributed by atoms with Crippen molar-refractivity contribution in [1.82, 2.24) is 15.5 Å². The van der Waals surface area contributed by atoms with Gasteiger partial charge in [-0.3, -0.25) is 9.69 Å². The summed E-state index contributed by atoms with van der Waals surface area (Å²) in [5, 5.41) is 6.51. The zero-order chi connectivity index (χ0) is 15.0. The van der Waals surface area contributed by atoms with Gasteiger partial charge in [-0.1, -0.05) is 20.8 Å². The molecule has 1 fully saturated rings. The van der Waals surface area contributed by atoms with Crippen LogP contribution >= 0.6 is 0 Å². The monoisotopic (exact) mass is 283 g/mol. The van der Waals surface area contributed by atoms with Gasteiger partial charge in [0.05, 0.1) is 6.54 Å². The summed E-state index contributed by atoms with van der Waals surface area (Å²) in [5.74, 6) is 1.41. The van der Waals surface area contributed by atoms with E-state index in [0.29, 0.717) is 12.5 Å². The Morgan fingerprint density at radius 1 is 1.30 bits per heavy atom. The van der Waals surface area contributed by atoms with Crippen molar-refractivity contribution >= 4 is 5.91 Å². The van der Waals surface area contributed by atoms with Crippen molar-refractivity contribution in [2.45, 2.75) is 53.0 Å². The zero-order valence-electron chi connectivity index (χ0n) is 13.7. The van der Waals surface area contributed by atoms with Crippen LogP contribution in [0.5, 0.6) is 0 Å². The molecule has 1 unspecified atom stereocenters. The maximum absolute atomic E-state index is 12.1. The maximum Gasteiger partial charge on any atom is 0.234 e. The highest BCUT2D eigenvalue weighted by Gasteiger charge is 2.19. The van der Waals surface area contributed by atoms with E-state index in [1.165, 1.54) is 12.8 Å². The molecule has 1 aliphatic rings. The smallest absolute Gasteiger partial charge is 0.234 e. The summed E-state index contributed by atoms with van der Waals surface area (Å²) in [4.78, 5) is 14.5. The number of piperidine rings is 1. The van der Waals surface area contributed by atoms with Gasteiger partial charge in [0, 0.05) is 12.6 Å². The van der Waals surface area contributed by atoms with E-state index in [0.717, 1.165) is 38.5 Å². The lowest BCUT2D eigenvalue weighted by Gasteiger charge is -2.30. The fourth-order valence-corrected chi connectivity index (χ4v) is 2.65. The summed E-state index contributed by atoms with van der Waals surface area (Å²) in [7, 11) is 0. The van der Waals surface area contributed by atoms with Crippen LogP contribution < -0.4 is 10.6 Å². The molecule has 0 aromatic heterocycles. The first-order chi connectivity index (χ1) is 9.52. The van der Waals surface area contributed by atoms with Crippen LogP contribution in [0.3, 0.4) is 0 Å². The molecular formula is C16H33N3O. The number of hydrogen-bond donors (Lipinski definition) is 2. The standard InChI is InChI=1S/C16H33N3O/c1-5-10-19(11-15-6-8-17-9-7-15)12-16(20)18-14(4)13(2)3/h13-15,17H,5-12H2,1-4H3,(H,18,20). The second-order valence-electron chi connectivity index (χ2n) is 6.53. The first-order valence-electron chi connectivity index (χ1n) is 8.25. The van der Waals surface area contributed by atoms with Crippen molar-refractivity contribution in [3.05, 3.63) is 0 Å². The summed E-state index contributed by atoms with van der Waals surface area (Å²) in [5.41, 5.74) is 0. The van der Waals surface area contributed by atoms with Crippen molar-refractivity contribution in [1.29, 1.82) is 0 Å². The van der Waals surface area contributed by atoms with Gasteiger partial charge in [-0.2, -0.15) is 0 Å². The highest BCUT2D eigenvalue weighted by molar-refractivity contribution is 5.78. The van der Waals surface area contributed by atoms with E-state index in [1.54, 1.807) is 0 Å². The Kier molecular flexibility index (Phi) is 8.15. The summed E-state index contributed by atoms with van der Waals surface area (Å²) in [6.07, 6.45) is 3.59. The molecule has 4 nitrogen and oxygen atoms in total. The maximum atomic E-state index is 12.1. The van der Waals surface area contributed by atoms with Crippen LogP contribution in [-0.4, -0.2) is 49.6 Å². The first-order valence-corrected chi connectivity index (χ1v) is 8.25. The summed E-state index contributed by atoms with van der Waals surface area (Å²) in [6.45, 7) is 13.4. The van der Waals surface area contributed by atoms with Crippen molar-refractivity contribution < 1.29 is 4.79 Å². The molecule has 1 amide bonds. The molecule has 0 aromatic rings. The predicted octanol–water partition coefficient (Wildman–Crippen LogP) is 1.86. The van der Waals surface area contributed by atoms with Gasteiger partial charge in [0.1, 0.15) is 0 Å². The van der Waals surface area contributed by atoms with E-state index in [4.69, 9.17) is 0 Å². The van der Waals surface area contributed by atoms with E-state index in [2.05, 4.69) is 43.2 Å². The number of nitrogens with zero attached hydrogens (tertiary/aromatic N) is 1. The largest absolute Gasteiger partial charge is 0.352 e. The third kappa shape index (κ3) is 6.71. The molecule has 2 N–H and O–H groups in total. The number of carbonyl (C=O) groups is 1. The van der Waals surface area contributed by atoms with Crippen LogP contribution in [-0.2, 0) is 4.79 Å². The van der Waals surface area contributed by atoms with E-state index >= 15 is 0 Å². The first kappa shape index (κ1) is 17.4. The quantitative estimate of drug-likeness (QED) is 0.714. The van der Waals surface area contributed by atoms with Gasteiger partial charge in [0.15, 0.2) is 0 Å². The fourth-order valence-electron chi connectivity index (χ4n) is 2.65. The minimum atomic E-state index is 0.175. The molecule has 0 spiro atoms. The van der Waals surface area contributed by atoms with Crippen molar-refractivity contribution in [2.24, 2.45) is 11.8 Å². The topological polar surface area (TPSA) is 44.4 Å². The van der Waals surface area contributed by atoms with Crippen molar-refractivity contribution in [3.63, 3.8) is 0 Å². The third-order valence-corrected chi connectivity index (χ3v) is 4.27. The van der Waals surface area contributed by atoms with Gasteiger partial charge in [-0.15, -0.1) is 0 Å². The van der Waals surface area contributed by atoms with Crippen LogP contribution in [0.4, 0.5) is 0 Å². The third-order valence-electron chi connectivity index (χ3n) is 4.27.